The lowest BCUT2D eigenvalue weighted by molar-refractivity contribution is -0.118. The largest absolute Gasteiger partial charge is 0.355 e. The maximum atomic E-state index is 13.3. The molecule has 7 nitrogen and oxygen atoms in total. The summed E-state index contributed by atoms with van der Waals surface area (Å²) in [5, 5.41) is 12.5. The molecule has 0 saturated carbocycles. The van der Waals surface area contributed by atoms with Crippen molar-refractivity contribution in [2.24, 2.45) is 0 Å². The highest BCUT2D eigenvalue weighted by atomic mass is 32.2. The monoisotopic (exact) mass is 487 g/mol. The van der Waals surface area contributed by atoms with Crippen molar-refractivity contribution in [1.29, 1.82) is 0 Å². The van der Waals surface area contributed by atoms with Crippen molar-refractivity contribution in [3.63, 3.8) is 0 Å². The van der Waals surface area contributed by atoms with Crippen molar-refractivity contribution in [3.05, 3.63) is 100 Å². The molecule has 1 N–H and O–H groups in total. The molecule has 0 aliphatic rings. The Kier molecular flexibility index (Phi) is 6.33. The molecule has 3 aromatic carbocycles. The second-order valence-electron chi connectivity index (χ2n) is 8.13. The molecule has 0 bridgehead atoms. The van der Waals surface area contributed by atoms with Crippen LogP contribution in [0, 0.1) is 12.7 Å². The first kappa shape index (κ1) is 22.8. The Labute approximate surface area is 204 Å². The third kappa shape index (κ3) is 4.67. The molecule has 176 valence electrons. The first-order valence-electron chi connectivity index (χ1n) is 11.1. The van der Waals surface area contributed by atoms with Gasteiger partial charge >= 0.3 is 0 Å². The molecule has 0 atom stereocenters. The van der Waals surface area contributed by atoms with Crippen LogP contribution in [0.5, 0.6) is 0 Å². The van der Waals surface area contributed by atoms with Crippen molar-refractivity contribution >= 4 is 34.3 Å². The number of halogens is 1. The highest BCUT2D eigenvalue weighted by Crippen LogP contribution is 2.23. The van der Waals surface area contributed by atoms with E-state index in [0.29, 0.717) is 40.5 Å². The highest BCUT2D eigenvalue weighted by molar-refractivity contribution is 7.99. The van der Waals surface area contributed by atoms with E-state index in [1.54, 1.807) is 22.8 Å². The molecular weight excluding hydrogens is 465 g/mol. The SMILES string of the molecule is Cc1ccc(-n2c(=O)c3ccccc3n3c(SCC(=O)NCCc4ccc(F)cc4)nnc23)cc1. The summed E-state index contributed by atoms with van der Waals surface area (Å²) >= 11 is 1.25. The average Bonchev–Trinajstić information content (AvgIpc) is 3.29. The van der Waals surface area contributed by atoms with Gasteiger partial charge in [0.15, 0.2) is 5.16 Å². The summed E-state index contributed by atoms with van der Waals surface area (Å²) < 4.78 is 16.4. The van der Waals surface area contributed by atoms with E-state index >= 15 is 0 Å². The zero-order chi connectivity index (χ0) is 24.4. The van der Waals surface area contributed by atoms with Gasteiger partial charge in [-0.15, -0.1) is 10.2 Å². The van der Waals surface area contributed by atoms with Gasteiger partial charge in [0, 0.05) is 6.54 Å². The van der Waals surface area contributed by atoms with Crippen LogP contribution >= 0.6 is 11.8 Å². The van der Waals surface area contributed by atoms with Crippen LogP contribution in [0.3, 0.4) is 0 Å². The van der Waals surface area contributed by atoms with Crippen LogP contribution < -0.4 is 10.9 Å². The minimum Gasteiger partial charge on any atom is -0.355 e. The first-order valence-corrected chi connectivity index (χ1v) is 12.1. The number of thioether (sulfide) groups is 1. The Bertz CT molecular complexity index is 1580. The summed E-state index contributed by atoms with van der Waals surface area (Å²) in [6.45, 7) is 2.43. The van der Waals surface area contributed by atoms with E-state index in [4.69, 9.17) is 0 Å². The van der Waals surface area contributed by atoms with Gasteiger partial charge in [-0.1, -0.05) is 53.7 Å². The van der Waals surface area contributed by atoms with Crippen LogP contribution in [-0.4, -0.2) is 37.4 Å². The molecule has 0 aliphatic carbocycles. The quantitative estimate of drug-likeness (QED) is 0.352. The molecule has 2 aromatic heterocycles. The molecule has 5 rings (SSSR count). The second kappa shape index (κ2) is 9.71. The fourth-order valence-corrected chi connectivity index (χ4v) is 4.65. The van der Waals surface area contributed by atoms with E-state index in [2.05, 4.69) is 15.5 Å². The number of hydrogen-bond acceptors (Lipinski definition) is 5. The topological polar surface area (TPSA) is 81.3 Å². The van der Waals surface area contributed by atoms with Gasteiger partial charge in [-0.25, -0.2) is 8.96 Å². The summed E-state index contributed by atoms with van der Waals surface area (Å²) in [7, 11) is 0. The van der Waals surface area contributed by atoms with Crippen LogP contribution in [0.25, 0.3) is 22.4 Å². The van der Waals surface area contributed by atoms with Gasteiger partial charge in [-0.2, -0.15) is 0 Å². The zero-order valence-electron chi connectivity index (χ0n) is 18.9. The lowest BCUT2D eigenvalue weighted by Crippen LogP contribution is -2.27. The Hall–Kier alpha value is -3.98. The van der Waals surface area contributed by atoms with Gasteiger partial charge in [0.1, 0.15) is 5.82 Å². The number of para-hydroxylation sites is 1. The molecule has 0 aliphatic heterocycles. The summed E-state index contributed by atoms with van der Waals surface area (Å²) in [6.07, 6.45) is 0.609. The van der Waals surface area contributed by atoms with E-state index in [-0.39, 0.29) is 23.0 Å². The maximum Gasteiger partial charge on any atom is 0.267 e. The van der Waals surface area contributed by atoms with Gasteiger partial charge in [0.2, 0.25) is 11.7 Å². The van der Waals surface area contributed by atoms with Gasteiger partial charge in [-0.3, -0.25) is 14.0 Å². The van der Waals surface area contributed by atoms with Gasteiger partial charge in [-0.05, 0) is 55.3 Å². The number of amides is 1. The fraction of sp³-hybridized carbons (Fsp3) is 0.154. The summed E-state index contributed by atoms with van der Waals surface area (Å²) in [4.78, 5) is 25.8. The molecule has 1 amide bonds. The standard InChI is InChI=1S/C26H22FN5O2S/c1-17-6-12-20(13-7-17)31-24(34)21-4-2-3-5-22(21)32-25(31)29-30-26(32)35-16-23(33)28-15-14-18-8-10-19(27)11-9-18/h2-13H,14-16H2,1H3,(H,28,33). The van der Waals surface area contributed by atoms with Gasteiger partial charge in [0.05, 0.1) is 22.3 Å². The van der Waals surface area contributed by atoms with E-state index in [0.717, 1.165) is 11.1 Å². The van der Waals surface area contributed by atoms with E-state index in [1.165, 1.54) is 23.9 Å². The van der Waals surface area contributed by atoms with Gasteiger partial charge < -0.3 is 5.32 Å². The predicted octanol–water partition coefficient (Wildman–Crippen LogP) is 3.93. The van der Waals surface area contributed by atoms with Crippen LogP contribution in [-0.2, 0) is 11.2 Å². The van der Waals surface area contributed by atoms with Crippen molar-refractivity contribution < 1.29 is 9.18 Å². The van der Waals surface area contributed by atoms with E-state index < -0.39 is 0 Å². The molecule has 2 heterocycles. The van der Waals surface area contributed by atoms with Crippen LogP contribution in [0.1, 0.15) is 11.1 Å². The smallest absolute Gasteiger partial charge is 0.267 e. The second-order valence-corrected chi connectivity index (χ2v) is 9.07. The molecule has 35 heavy (non-hydrogen) atoms. The Morgan fingerprint density at radius 1 is 1.00 bits per heavy atom. The molecular formula is C26H22FN5O2S. The van der Waals surface area contributed by atoms with Crippen LogP contribution in [0.2, 0.25) is 0 Å². The number of rotatable bonds is 7. The third-order valence-electron chi connectivity index (χ3n) is 5.67. The molecule has 0 unspecified atom stereocenters. The molecule has 0 fully saturated rings. The Morgan fingerprint density at radius 3 is 2.51 bits per heavy atom. The van der Waals surface area contributed by atoms with Crippen LogP contribution in [0.4, 0.5) is 4.39 Å². The van der Waals surface area contributed by atoms with Crippen molar-refractivity contribution in [3.8, 4) is 5.69 Å². The first-order chi connectivity index (χ1) is 17.0. The minimum absolute atomic E-state index is 0.141. The van der Waals surface area contributed by atoms with Gasteiger partial charge in [0.25, 0.3) is 5.56 Å². The summed E-state index contributed by atoms with van der Waals surface area (Å²) in [5.74, 6) is 0.0965. The molecule has 5 aromatic rings. The normalized spacial score (nSPS) is 11.3. The average molecular weight is 488 g/mol. The highest BCUT2D eigenvalue weighted by Gasteiger charge is 2.18. The van der Waals surface area contributed by atoms with Crippen molar-refractivity contribution in [1.82, 2.24) is 24.5 Å². The number of nitrogens with zero attached hydrogens (tertiary/aromatic N) is 4. The third-order valence-corrected chi connectivity index (χ3v) is 6.60. The number of nitrogens with one attached hydrogen (secondary N) is 1. The molecule has 9 heteroatoms. The number of hydrogen-bond donors (Lipinski definition) is 1. The predicted molar refractivity (Wildman–Crippen MR) is 135 cm³/mol. The van der Waals surface area contributed by atoms with E-state index in [1.807, 2.05) is 53.8 Å². The number of carbonyl (C=O) groups excluding carboxylic acids is 1. The van der Waals surface area contributed by atoms with E-state index in [9.17, 15) is 14.0 Å². The van der Waals surface area contributed by atoms with Crippen molar-refractivity contribution in [2.45, 2.75) is 18.5 Å². The summed E-state index contributed by atoms with van der Waals surface area (Å²) in [5.41, 5.74) is 3.23. The Morgan fingerprint density at radius 2 is 1.74 bits per heavy atom. The maximum absolute atomic E-state index is 13.3. The lowest BCUT2D eigenvalue weighted by atomic mass is 10.1. The van der Waals surface area contributed by atoms with Crippen molar-refractivity contribution in [2.75, 3.05) is 12.3 Å². The molecule has 0 saturated heterocycles. The molecule has 0 spiro atoms. The number of fused-ring (bicyclic) bond motifs is 3. The number of carbonyl (C=O) groups is 1. The Balaban J connectivity index is 1.40. The molecule has 0 radical (unpaired) electrons. The number of benzene rings is 3. The minimum atomic E-state index is -0.282. The summed E-state index contributed by atoms with van der Waals surface area (Å²) in [6, 6.07) is 21.2. The zero-order valence-corrected chi connectivity index (χ0v) is 19.8. The van der Waals surface area contributed by atoms with Crippen LogP contribution in [0.15, 0.2) is 82.7 Å². The fourth-order valence-electron chi connectivity index (χ4n) is 3.88. The lowest BCUT2D eigenvalue weighted by Gasteiger charge is -2.11. The number of aromatic nitrogens is 4. The number of aryl methyl sites for hydroxylation is 1.